The lowest BCUT2D eigenvalue weighted by Crippen LogP contribution is -2.11. The van der Waals surface area contributed by atoms with Gasteiger partial charge in [-0.3, -0.25) is 9.48 Å². The maximum absolute atomic E-state index is 12.0. The van der Waals surface area contributed by atoms with Crippen LogP contribution in [0, 0.1) is 0 Å². The van der Waals surface area contributed by atoms with Gasteiger partial charge in [-0.25, -0.2) is 0 Å². The van der Waals surface area contributed by atoms with Crippen molar-refractivity contribution in [2.24, 2.45) is 7.05 Å². The van der Waals surface area contributed by atoms with Gasteiger partial charge in [0.15, 0.2) is 5.78 Å². The number of nitrogens with zero attached hydrogens (tertiary/aromatic N) is 2. The van der Waals surface area contributed by atoms with Crippen molar-refractivity contribution in [3.63, 3.8) is 0 Å². The minimum atomic E-state index is 0.0119. The van der Waals surface area contributed by atoms with Crippen LogP contribution in [0.3, 0.4) is 0 Å². The summed E-state index contributed by atoms with van der Waals surface area (Å²) >= 11 is 3.31. The predicted octanol–water partition coefficient (Wildman–Crippen LogP) is 2.83. The molecule has 0 aliphatic heterocycles. The van der Waals surface area contributed by atoms with Crippen LogP contribution in [0.2, 0.25) is 0 Å². The Labute approximate surface area is 114 Å². The topological polar surface area (TPSA) is 44.1 Å². The van der Waals surface area contributed by atoms with Gasteiger partial charge in [0.1, 0.15) is 11.4 Å². The summed E-state index contributed by atoms with van der Waals surface area (Å²) in [5.41, 5.74) is 0.576. The Morgan fingerprint density at radius 1 is 1.39 bits per heavy atom. The lowest BCUT2D eigenvalue weighted by Gasteiger charge is -2.05. The van der Waals surface area contributed by atoms with E-state index in [-0.39, 0.29) is 5.78 Å². The number of ketones is 1. The van der Waals surface area contributed by atoms with E-state index in [1.807, 2.05) is 30.3 Å². The normalized spacial score (nSPS) is 10.3. The zero-order valence-corrected chi connectivity index (χ0v) is 11.6. The fraction of sp³-hybridized carbons (Fsp3) is 0.231. The minimum Gasteiger partial charge on any atom is -0.493 e. The molecule has 4 nitrogen and oxygen atoms in total. The highest BCUT2D eigenvalue weighted by atomic mass is 79.9. The first kappa shape index (κ1) is 12.8. The summed E-state index contributed by atoms with van der Waals surface area (Å²) in [4.78, 5) is 12.0. The van der Waals surface area contributed by atoms with Gasteiger partial charge in [-0.2, -0.15) is 5.10 Å². The Balaban J connectivity index is 1.90. The molecule has 0 radical (unpaired) electrons. The third-order valence-electron chi connectivity index (χ3n) is 2.50. The molecule has 1 aromatic carbocycles. The standard InChI is InChI=1S/C13H13BrN2O2/c1-16-13(11(14)9-15-16)12(17)7-8-18-10-5-3-2-4-6-10/h2-6,9H,7-8H2,1H3. The number of aryl methyl sites for hydroxylation is 1. The smallest absolute Gasteiger partial charge is 0.185 e. The number of Topliss-reactive ketones (excluding diaryl/α,β-unsaturated/α-hetero) is 1. The molecule has 18 heavy (non-hydrogen) atoms. The zero-order chi connectivity index (χ0) is 13.0. The highest BCUT2D eigenvalue weighted by Gasteiger charge is 2.14. The molecular weight excluding hydrogens is 296 g/mol. The quantitative estimate of drug-likeness (QED) is 0.798. The number of para-hydroxylation sites is 1. The van der Waals surface area contributed by atoms with Crippen LogP contribution in [0.25, 0.3) is 0 Å². The summed E-state index contributed by atoms with van der Waals surface area (Å²) in [6.45, 7) is 0.362. The van der Waals surface area contributed by atoms with E-state index in [0.29, 0.717) is 18.7 Å². The number of ether oxygens (including phenoxy) is 1. The maximum atomic E-state index is 12.0. The Bertz CT molecular complexity index is 518. The predicted molar refractivity (Wildman–Crippen MR) is 71.8 cm³/mol. The number of hydrogen-bond donors (Lipinski definition) is 0. The highest BCUT2D eigenvalue weighted by Crippen LogP contribution is 2.17. The van der Waals surface area contributed by atoms with Crippen molar-refractivity contribution in [1.29, 1.82) is 0 Å². The average Bonchev–Trinajstić information content (AvgIpc) is 2.70. The van der Waals surface area contributed by atoms with Gasteiger partial charge in [0.25, 0.3) is 0 Å². The van der Waals surface area contributed by atoms with Crippen molar-refractivity contribution in [2.45, 2.75) is 6.42 Å². The SMILES string of the molecule is Cn1ncc(Br)c1C(=O)CCOc1ccccc1. The van der Waals surface area contributed by atoms with Gasteiger partial charge in [-0.05, 0) is 28.1 Å². The van der Waals surface area contributed by atoms with Crippen molar-refractivity contribution in [3.8, 4) is 5.75 Å². The van der Waals surface area contributed by atoms with E-state index in [1.54, 1.807) is 17.9 Å². The van der Waals surface area contributed by atoms with E-state index in [4.69, 9.17) is 4.74 Å². The Kier molecular flexibility index (Phi) is 4.15. The van der Waals surface area contributed by atoms with Gasteiger partial charge in [0, 0.05) is 13.5 Å². The molecule has 0 spiro atoms. The number of benzene rings is 1. The van der Waals surface area contributed by atoms with E-state index >= 15 is 0 Å². The van der Waals surface area contributed by atoms with Gasteiger partial charge >= 0.3 is 0 Å². The zero-order valence-electron chi connectivity index (χ0n) is 9.97. The molecule has 0 saturated carbocycles. The molecule has 2 rings (SSSR count). The molecule has 0 N–H and O–H groups in total. The molecule has 1 aromatic heterocycles. The molecule has 0 unspecified atom stereocenters. The summed E-state index contributed by atoms with van der Waals surface area (Å²) in [5.74, 6) is 0.784. The van der Waals surface area contributed by atoms with Gasteiger partial charge in [-0.1, -0.05) is 18.2 Å². The van der Waals surface area contributed by atoms with Gasteiger partial charge in [0.2, 0.25) is 0 Å². The van der Waals surface area contributed by atoms with Crippen LogP contribution in [0.4, 0.5) is 0 Å². The third kappa shape index (κ3) is 2.98. The number of carbonyl (C=O) groups is 1. The fourth-order valence-electron chi connectivity index (χ4n) is 1.62. The van der Waals surface area contributed by atoms with Crippen LogP contribution >= 0.6 is 15.9 Å². The van der Waals surface area contributed by atoms with Crippen LogP contribution in [-0.2, 0) is 7.05 Å². The molecule has 5 heteroatoms. The summed E-state index contributed by atoms with van der Waals surface area (Å²) < 4.78 is 7.77. The second-order valence-corrected chi connectivity index (χ2v) is 4.65. The van der Waals surface area contributed by atoms with Crippen molar-refractivity contribution in [3.05, 3.63) is 46.7 Å². The second kappa shape index (κ2) is 5.82. The Hall–Kier alpha value is -1.62. The summed E-state index contributed by atoms with van der Waals surface area (Å²) in [5, 5.41) is 4.01. The molecule has 0 aliphatic carbocycles. The molecule has 0 aliphatic rings. The van der Waals surface area contributed by atoms with Crippen LogP contribution in [0.5, 0.6) is 5.75 Å². The average molecular weight is 309 g/mol. The first-order valence-corrected chi connectivity index (χ1v) is 6.36. The van der Waals surface area contributed by atoms with Crippen LogP contribution in [0.15, 0.2) is 41.0 Å². The molecule has 94 valence electrons. The third-order valence-corrected chi connectivity index (χ3v) is 3.08. The van der Waals surface area contributed by atoms with Crippen LogP contribution < -0.4 is 4.74 Å². The van der Waals surface area contributed by atoms with E-state index in [0.717, 1.165) is 10.2 Å². The number of aromatic nitrogens is 2. The molecule has 0 atom stereocenters. The number of rotatable bonds is 5. The Morgan fingerprint density at radius 3 is 2.72 bits per heavy atom. The summed E-state index contributed by atoms with van der Waals surface area (Å²) in [6.07, 6.45) is 1.94. The highest BCUT2D eigenvalue weighted by molar-refractivity contribution is 9.10. The van der Waals surface area contributed by atoms with Gasteiger partial charge < -0.3 is 4.74 Å². The summed E-state index contributed by atoms with van der Waals surface area (Å²) in [7, 11) is 1.75. The monoisotopic (exact) mass is 308 g/mol. The lowest BCUT2D eigenvalue weighted by atomic mass is 10.2. The van der Waals surface area contributed by atoms with E-state index < -0.39 is 0 Å². The fourth-order valence-corrected chi connectivity index (χ4v) is 2.19. The number of hydrogen-bond acceptors (Lipinski definition) is 3. The van der Waals surface area contributed by atoms with Crippen molar-refractivity contribution in [2.75, 3.05) is 6.61 Å². The first-order chi connectivity index (χ1) is 8.68. The molecule has 0 saturated heterocycles. The van der Waals surface area contributed by atoms with E-state index in [9.17, 15) is 4.79 Å². The van der Waals surface area contributed by atoms with E-state index in [2.05, 4.69) is 21.0 Å². The minimum absolute atomic E-state index is 0.0119. The summed E-state index contributed by atoms with van der Waals surface area (Å²) in [6, 6.07) is 9.45. The largest absolute Gasteiger partial charge is 0.493 e. The number of carbonyl (C=O) groups excluding carboxylic acids is 1. The Morgan fingerprint density at radius 2 is 2.11 bits per heavy atom. The lowest BCUT2D eigenvalue weighted by molar-refractivity contribution is 0.0952. The van der Waals surface area contributed by atoms with Crippen LogP contribution in [-0.4, -0.2) is 22.2 Å². The van der Waals surface area contributed by atoms with Crippen LogP contribution in [0.1, 0.15) is 16.9 Å². The molecule has 0 bridgehead atoms. The van der Waals surface area contributed by atoms with Gasteiger partial charge in [-0.15, -0.1) is 0 Å². The molecule has 0 fully saturated rings. The molecular formula is C13H13BrN2O2. The van der Waals surface area contributed by atoms with Crippen molar-refractivity contribution < 1.29 is 9.53 Å². The molecule has 2 aromatic rings. The molecule has 1 heterocycles. The van der Waals surface area contributed by atoms with Crippen molar-refractivity contribution in [1.82, 2.24) is 9.78 Å². The van der Waals surface area contributed by atoms with Crippen molar-refractivity contribution >= 4 is 21.7 Å². The second-order valence-electron chi connectivity index (χ2n) is 3.80. The molecule has 0 amide bonds. The maximum Gasteiger partial charge on any atom is 0.185 e. The van der Waals surface area contributed by atoms with E-state index in [1.165, 1.54) is 0 Å². The number of halogens is 1. The van der Waals surface area contributed by atoms with Gasteiger partial charge in [0.05, 0.1) is 17.3 Å². The first-order valence-electron chi connectivity index (χ1n) is 5.57.